The molecule has 1 aromatic heterocycles. The van der Waals surface area contributed by atoms with Gasteiger partial charge in [-0.15, -0.1) is 0 Å². The smallest absolute Gasteiger partial charge is 0.128 e. The monoisotopic (exact) mass is 257 g/mol. The van der Waals surface area contributed by atoms with Gasteiger partial charge in [0.2, 0.25) is 0 Å². The van der Waals surface area contributed by atoms with Crippen molar-refractivity contribution in [3.63, 3.8) is 0 Å². The number of nitrogens with zero attached hydrogens (tertiary/aromatic N) is 2. The Hall–Kier alpha value is -0.540. The number of aromatic nitrogens is 2. The van der Waals surface area contributed by atoms with E-state index in [1.54, 1.807) is 6.20 Å². The summed E-state index contributed by atoms with van der Waals surface area (Å²) in [6, 6.07) is 0. The molecular weight excluding hydrogens is 234 g/mol. The van der Waals surface area contributed by atoms with Gasteiger partial charge in [0.1, 0.15) is 11.0 Å². The van der Waals surface area contributed by atoms with Gasteiger partial charge in [-0.3, -0.25) is 0 Å². The number of hydrogen-bond acceptors (Lipinski definition) is 2. The molecule has 1 heterocycles. The average molecular weight is 258 g/mol. The number of rotatable bonds is 9. The van der Waals surface area contributed by atoms with E-state index in [4.69, 9.17) is 11.6 Å². The molecule has 4 heteroatoms. The molecule has 0 fully saturated rings. The van der Waals surface area contributed by atoms with E-state index < -0.39 is 0 Å². The average Bonchev–Trinajstić information content (AvgIpc) is 2.64. The third-order valence-corrected chi connectivity index (χ3v) is 3.37. The molecule has 17 heavy (non-hydrogen) atoms. The zero-order valence-electron chi connectivity index (χ0n) is 11.0. The Morgan fingerprint density at radius 2 is 1.94 bits per heavy atom. The van der Waals surface area contributed by atoms with E-state index in [-0.39, 0.29) is 0 Å². The highest BCUT2D eigenvalue weighted by Crippen LogP contribution is 2.08. The van der Waals surface area contributed by atoms with Crippen molar-refractivity contribution >= 4 is 11.6 Å². The van der Waals surface area contributed by atoms with Crippen molar-refractivity contribution in [1.82, 2.24) is 14.9 Å². The molecule has 0 unspecified atom stereocenters. The predicted octanol–water partition coefficient (Wildman–Crippen LogP) is 3.52. The van der Waals surface area contributed by atoms with Crippen LogP contribution in [0.25, 0.3) is 0 Å². The molecule has 0 atom stereocenters. The molecule has 3 nitrogen and oxygen atoms in total. The molecule has 1 rings (SSSR count). The maximum Gasteiger partial charge on any atom is 0.128 e. The van der Waals surface area contributed by atoms with E-state index in [1.807, 2.05) is 11.6 Å². The largest absolute Gasteiger partial charge is 0.321 e. The van der Waals surface area contributed by atoms with Crippen LogP contribution in [-0.2, 0) is 13.6 Å². The van der Waals surface area contributed by atoms with Gasteiger partial charge >= 0.3 is 0 Å². The summed E-state index contributed by atoms with van der Waals surface area (Å²) in [6.45, 7) is 4.12. The first-order chi connectivity index (χ1) is 8.25. The first kappa shape index (κ1) is 14.5. The predicted molar refractivity (Wildman–Crippen MR) is 73.3 cm³/mol. The number of unbranched alkanes of at least 4 members (excludes halogenated alkanes) is 5. The number of imidazole rings is 1. The summed E-state index contributed by atoms with van der Waals surface area (Å²) in [4.78, 5) is 4.24. The van der Waals surface area contributed by atoms with Crippen molar-refractivity contribution in [3.05, 3.63) is 17.2 Å². The molecule has 1 N–H and O–H groups in total. The second-order valence-electron chi connectivity index (χ2n) is 4.50. The van der Waals surface area contributed by atoms with E-state index in [1.165, 1.54) is 38.5 Å². The molecule has 0 aromatic carbocycles. The van der Waals surface area contributed by atoms with Crippen LogP contribution < -0.4 is 5.32 Å². The quantitative estimate of drug-likeness (QED) is 0.686. The minimum absolute atomic E-state index is 0.696. The minimum atomic E-state index is 0.696. The van der Waals surface area contributed by atoms with E-state index in [0.29, 0.717) is 5.15 Å². The summed E-state index contributed by atoms with van der Waals surface area (Å²) in [5.74, 6) is 1.00. The van der Waals surface area contributed by atoms with Crippen LogP contribution in [0.15, 0.2) is 6.20 Å². The van der Waals surface area contributed by atoms with Gasteiger partial charge in [-0.2, -0.15) is 0 Å². The maximum absolute atomic E-state index is 5.91. The maximum atomic E-state index is 5.91. The number of hydrogen-bond donors (Lipinski definition) is 1. The van der Waals surface area contributed by atoms with Gasteiger partial charge in [-0.25, -0.2) is 4.98 Å². The lowest BCUT2D eigenvalue weighted by molar-refractivity contribution is 0.561. The lowest BCUT2D eigenvalue weighted by Crippen LogP contribution is -2.17. The van der Waals surface area contributed by atoms with Crippen LogP contribution in [-0.4, -0.2) is 16.1 Å². The van der Waals surface area contributed by atoms with Gasteiger partial charge < -0.3 is 9.88 Å². The summed E-state index contributed by atoms with van der Waals surface area (Å²) in [6.07, 6.45) is 9.71. The Balaban J connectivity index is 1.99. The molecule has 0 saturated heterocycles. The van der Waals surface area contributed by atoms with Crippen LogP contribution in [0.5, 0.6) is 0 Å². The lowest BCUT2D eigenvalue weighted by atomic mass is 10.1. The van der Waals surface area contributed by atoms with Crippen LogP contribution in [0.3, 0.4) is 0 Å². The summed E-state index contributed by atoms with van der Waals surface area (Å²) < 4.78 is 1.91. The SMILES string of the molecule is CCCCCCCCNCc1ncc(Cl)n1C. The molecule has 0 saturated carbocycles. The molecule has 98 valence electrons. The van der Waals surface area contributed by atoms with Crippen LogP contribution in [0, 0.1) is 0 Å². The van der Waals surface area contributed by atoms with Gasteiger partial charge in [-0.05, 0) is 13.0 Å². The Kier molecular flexibility index (Phi) is 7.29. The van der Waals surface area contributed by atoms with Gasteiger partial charge in [0.05, 0.1) is 12.7 Å². The van der Waals surface area contributed by atoms with E-state index in [0.717, 1.165) is 18.9 Å². The third kappa shape index (κ3) is 5.55. The number of nitrogens with one attached hydrogen (secondary N) is 1. The highest BCUT2D eigenvalue weighted by Gasteiger charge is 2.02. The minimum Gasteiger partial charge on any atom is -0.321 e. The zero-order chi connectivity index (χ0) is 12.5. The molecule has 0 aliphatic carbocycles. The van der Waals surface area contributed by atoms with Gasteiger partial charge in [0.25, 0.3) is 0 Å². The van der Waals surface area contributed by atoms with Crippen molar-refractivity contribution in [2.75, 3.05) is 6.54 Å². The molecule has 1 aromatic rings. The van der Waals surface area contributed by atoms with Crippen molar-refractivity contribution in [2.24, 2.45) is 7.05 Å². The van der Waals surface area contributed by atoms with Crippen molar-refractivity contribution < 1.29 is 0 Å². The van der Waals surface area contributed by atoms with Gasteiger partial charge in [0, 0.05) is 7.05 Å². The summed E-state index contributed by atoms with van der Waals surface area (Å²) in [5, 5.41) is 4.10. The molecule has 0 spiro atoms. The van der Waals surface area contributed by atoms with E-state index in [2.05, 4.69) is 17.2 Å². The molecule has 0 amide bonds. The van der Waals surface area contributed by atoms with Crippen LogP contribution in [0.2, 0.25) is 5.15 Å². The highest BCUT2D eigenvalue weighted by atomic mass is 35.5. The first-order valence-electron chi connectivity index (χ1n) is 6.62. The molecule has 0 aliphatic heterocycles. The van der Waals surface area contributed by atoms with Gasteiger partial charge in [0.15, 0.2) is 0 Å². The highest BCUT2D eigenvalue weighted by molar-refractivity contribution is 6.29. The first-order valence-corrected chi connectivity index (χ1v) is 7.00. The van der Waals surface area contributed by atoms with Crippen LogP contribution >= 0.6 is 11.6 Å². The van der Waals surface area contributed by atoms with Crippen molar-refractivity contribution in [3.8, 4) is 0 Å². The molecule has 0 aliphatic rings. The second-order valence-corrected chi connectivity index (χ2v) is 4.89. The van der Waals surface area contributed by atoms with Crippen molar-refractivity contribution in [2.45, 2.75) is 52.0 Å². The van der Waals surface area contributed by atoms with Gasteiger partial charge in [-0.1, -0.05) is 50.6 Å². The van der Waals surface area contributed by atoms with Crippen LogP contribution in [0.1, 0.15) is 51.3 Å². The van der Waals surface area contributed by atoms with E-state index >= 15 is 0 Å². The Morgan fingerprint density at radius 3 is 2.59 bits per heavy atom. The van der Waals surface area contributed by atoms with E-state index in [9.17, 15) is 0 Å². The standard InChI is InChI=1S/C13H24ClN3/c1-3-4-5-6-7-8-9-15-11-13-16-10-12(14)17(13)2/h10,15H,3-9,11H2,1-2H3. The Morgan fingerprint density at radius 1 is 1.24 bits per heavy atom. The third-order valence-electron chi connectivity index (χ3n) is 3.02. The zero-order valence-corrected chi connectivity index (χ0v) is 11.8. The fourth-order valence-corrected chi connectivity index (χ4v) is 1.97. The number of halogens is 1. The Bertz CT molecular complexity index is 310. The normalized spacial score (nSPS) is 11.0. The molecule has 0 radical (unpaired) electrons. The Labute approximate surface area is 110 Å². The van der Waals surface area contributed by atoms with Crippen molar-refractivity contribution in [1.29, 1.82) is 0 Å². The fourth-order valence-electron chi connectivity index (χ4n) is 1.82. The molecule has 0 bridgehead atoms. The lowest BCUT2D eigenvalue weighted by Gasteiger charge is -2.05. The topological polar surface area (TPSA) is 29.9 Å². The molecular formula is C13H24ClN3. The summed E-state index contributed by atoms with van der Waals surface area (Å²) >= 11 is 5.91. The fraction of sp³-hybridized carbons (Fsp3) is 0.769. The second kappa shape index (κ2) is 8.54. The van der Waals surface area contributed by atoms with Crippen LogP contribution in [0.4, 0.5) is 0 Å². The summed E-state index contributed by atoms with van der Waals surface area (Å²) in [7, 11) is 1.94. The summed E-state index contributed by atoms with van der Waals surface area (Å²) in [5.41, 5.74) is 0.